The van der Waals surface area contributed by atoms with Crippen LogP contribution in [0.4, 0.5) is 0 Å². The van der Waals surface area contributed by atoms with Crippen LogP contribution in [0, 0.1) is 5.92 Å². The fourth-order valence-electron chi connectivity index (χ4n) is 4.28. The Morgan fingerprint density at radius 1 is 1.25 bits per heavy atom. The Labute approximate surface area is 192 Å². The topological polar surface area (TPSA) is 92.0 Å². The number of hydrogen-bond donors (Lipinski definition) is 0. The number of hydrogen-bond acceptors (Lipinski definition) is 8. The summed E-state index contributed by atoms with van der Waals surface area (Å²) in [6, 6.07) is 3.87. The fraction of sp³-hybridized carbons (Fsp3) is 0.636. The normalized spacial score (nSPS) is 19.8. The number of amides is 2. The van der Waals surface area contributed by atoms with Crippen molar-refractivity contribution >= 4 is 23.2 Å². The molecule has 0 aliphatic carbocycles. The van der Waals surface area contributed by atoms with Gasteiger partial charge in [0.2, 0.25) is 17.7 Å². The minimum atomic E-state index is -0.0430. The molecule has 0 aromatic carbocycles. The Balaban J connectivity index is 1.33. The highest BCUT2D eigenvalue weighted by Crippen LogP contribution is 2.24. The molecule has 0 spiro atoms. The molecule has 1 atom stereocenters. The molecule has 10 heteroatoms. The highest BCUT2D eigenvalue weighted by atomic mass is 32.1. The number of carbonyl (C=O) groups is 2. The van der Waals surface area contributed by atoms with Gasteiger partial charge < -0.3 is 19.0 Å². The number of rotatable bonds is 8. The van der Waals surface area contributed by atoms with E-state index in [4.69, 9.17) is 9.15 Å². The highest BCUT2D eigenvalue weighted by Gasteiger charge is 2.31. The molecule has 4 rings (SSSR count). The van der Waals surface area contributed by atoms with Gasteiger partial charge in [-0.1, -0.05) is 13.0 Å². The summed E-state index contributed by atoms with van der Waals surface area (Å²) in [5.41, 5.74) is 0. The maximum atomic E-state index is 13.1. The molecular formula is C22H31N5O4S. The van der Waals surface area contributed by atoms with E-state index >= 15 is 0 Å². The third-order valence-corrected chi connectivity index (χ3v) is 6.77. The van der Waals surface area contributed by atoms with Gasteiger partial charge >= 0.3 is 0 Å². The van der Waals surface area contributed by atoms with E-state index < -0.39 is 0 Å². The number of carbonyl (C=O) groups excluding carboxylic acids is 2. The highest BCUT2D eigenvalue weighted by molar-refractivity contribution is 7.13. The standard InChI is InChI=1S/C22H31N5O4S/c1-2-7-27(15-19-23-24-21(31-19)18-6-4-13-32-18)20(28)16-25-8-3-5-17(14-25)22(29)26-9-11-30-12-10-26/h4,6,13,17H,2-3,5,7-12,14-16H2,1H3. The molecule has 1 unspecified atom stereocenters. The Morgan fingerprint density at radius 3 is 2.84 bits per heavy atom. The van der Waals surface area contributed by atoms with Gasteiger partial charge in [0.15, 0.2) is 0 Å². The van der Waals surface area contributed by atoms with E-state index in [-0.39, 0.29) is 17.7 Å². The number of morpholine rings is 1. The van der Waals surface area contributed by atoms with Crippen LogP contribution >= 0.6 is 11.3 Å². The molecule has 32 heavy (non-hydrogen) atoms. The molecule has 2 aromatic rings. The van der Waals surface area contributed by atoms with Crippen LogP contribution < -0.4 is 0 Å². The lowest BCUT2D eigenvalue weighted by atomic mass is 9.96. The molecule has 174 valence electrons. The lowest BCUT2D eigenvalue weighted by molar-refractivity contribution is -0.143. The maximum absolute atomic E-state index is 13.1. The smallest absolute Gasteiger partial charge is 0.257 e. The van der Waals surface area contributed by atoms with Crippen LogP contribution in [0.1, 0.15) is 32.1 Å². The zero-order valence-corrected chi connectivity index (χ0v) is 19.4. The molecule has 2 saturated heterocycles. The van der Waals surface area contributed by atoms with Crippen molar-refractivity contribution in [2.24, 2.45) is 5.92 Å². The Kier molecular flexibility index (Phi) is 7.88. The number of aromatic nitrogens is 2. The number of thiophene rings is 1. The average molecular weight is 462 g/mol. The molecule has 0 N–H and O–H groups in total. The lowest BCUT2D eigenvalue weighted by Crippen LogP contribution is -2.50. The van der Waals surface area contributed by atoms with Gasteiger partial charge in [-0.25, -0.2) is 0 Å². The molecule has 9 nitrogen and oxygen atoms in total. The molecule has 0 radical (unpaired) electrons. The quantitative estimate of drug-likeness (QED) is 0.594. The second kappa shape index (κ2) is 11.0. The predicted octanol–water partition coefficient (Wildman–Crippen LogP) is 2.11. The fourth-order valence-corrected chi connectivity index (χ4v) is 4.92. The first-order chi connectivity index (χ1) is 15.6. The van der Waals surface area contributed by atoms with E-state index in [0.717, 1.165) is 30.7 Å². The van der Waals surface area contributed by atoms with Crippen molar-refractivity contribution in [3.63, 3.8) is 0 Å². The first-order valence-corrected chi connectivity index (χ1v) is 12.2. The van der Waals surface area contributed by atoms with Crippen molar-refractivity contribution in [2.45, 2.75) is 32.7 Å². The van der Waals surface area contributed by atoms with Gasteiger partial charge in [0.1, 0.15) is 0 Å². The van der Waals surface area contributed by atoms with Crippen molar-refractivity contribution < 1.29 is 18.7 Å². The molecule has 2 aliphatic heterocycles. The van der Waals surface area contributed by atoms with Gasteiger partial charge in [0.05, 0.1) is 37.1 Å². The summed E-state index contributed by atoms with van der Waals surface area (Å²) in [5.74, 6) is 1.11. The van der Waals surface area contributed by atoms with E-state index in [1.54, 1.807) is 4.90 Å². The Hall–Kier alpha value is -2.30. The largest absolute Gasteiger partial charge is 0.418 e. The molecule has 2 aliphatic rings. The molecule has 0 bridgehead atoms. The maximum Gasteiger partial charge on any atom is 0.257 e. The molecule has 2 amide bonds. The second-order valence-electron chi connectivity index (χ2n) is 8.31. The van der Waals surface area contributed by atoms with E-state index in [1.165, 1.54) is 11.3 Å². The van der Waals surface area contributed by atoms with Crippen LogP contribution in [0.15, 0.2) is 21.9 Å². The third kappa shape index (κ3) is 5.73. The van der Waals surface area contributed by atoms with E-state index in [2.05, 4.69) is 15.1 Å². The Bertz CT molecular complexity index is 881. The predicted molar refractivity (Wildman–Crippen MR) is 120 cm³/mol. The first kappa shape index (κ1) is 22.9. The van der Waals surface area contributed by atoms with Crippen LogP contribution in [0.5, 0.6) is 0 Å². The van der Waals surface area contributed by atoms with Crippen LogP contribution in [-0.4, -0.2) is 89.2 Å². The number of ether oxygens (including phenoxy) is 1. The van der Waals surface area contributed by atoms with Gasteiger partial charge in [-0.2, -0.15) is 0 Å². The molecular weight excluding hydrogens is 430 g/mol. The minimum Gasteiger partial charge on any atom is -0.418 e. The third-order valence-electron chi connectivity index (χ3n) is 5.91. The number of nitrogens with zero attached hydrogens (tertiary/aromatic N) is 5. The van der Waals surface area contributed by atoms with Crippen molar-refractivity contribution in [3.05, 3.63) is 23.4 Å². The van der Waals surface area contributed by atoms with Crippen LogP contribution in [-0.2, 0) is 20.9 Å². The van der Waals surface area contributed by atoms with Crippen molar-refractivity contribution in [2.75, 3.05) is 52.5 Å². The summed E-state index contributed by atoms with van der Waals surface area (Å²) in [6.45, 7) is 7.28. The zero-order valence-electron chi connectivity index (χ0n) is 18.6. The monoisotopic (exact) mass is 461 g/mol. The lowest BCUT2D eigenvalue weighted by Gasteiger charge is -2.36. The van der Waals surface area contributed by atoms with E-state index in [1.807, 2.05) is 29.3 Å². The SMILES string of the molecule is CCCN(Cc1nnc(-c2cccs2)o1)C(=O)CN1CCCC(C(=O)N2CCOCC2)C1. The average Bonchev–Trinajstić information content (AvgIpc) is 3.51. The summed E-state index contributed by atoms with van der Waals surface area (Å²) < 4.78 is 11.1. The van der Waals surface area contributed by atoms with Crippen molar-refractivity contribution in [1.82, 2.24) is 24.9 Å². The van der Waals surface area contributed by atoms with Gasteiger partial charge in [-0.15, -0.1) is 21.5 Å². The van der Waals surface area contributed by atoms with Crippen molar-refractivity contribution in [3.8, 4) is 10.8 Å². The van der Waals surface area contributed by atoms with Crippen LogP contribution in [0.2, 0.25) is 0 Å². The Morgan fingerprint density at radius 2 is 2.09 bits per heavy atom. The summed E-state index contributed by atoms with van der Waals surface area (Å²) in [5, 5.41) is 10.2. The number of piperidine rings is 1. The summed E-state index contributed by atoms with van der Waals surface area (Å²) in [7, 11) is 0. The van der Waals surface area contributed by atoms with Crippen LogP contribution in [0.3, 0.4) is 0 Å². The molecule has 2 aromatic heterocycles. The van der Waals surface area contributed by atoms with Gasteiger partial charge in [-0.3, -0.25) is 14.5 Å². The van der Waals surface area contributed by atoms with Gasteiger partial charge in [0, 0.05) is 26.2 Å². The second-order valence-corrected chi connectivity index (χ2v) is 9.25. The van der Waals surface area contributed by atoms with Gasteiger partial charge in [-0.05, 0) is 37.3 Å². The summed E-state index contributed by atoms with van der Waals surface area (Å²) in [6.07, 6.45) is 2.65. The summed E-state index contributed by atoms with van der Waals surface area (Å²) in [4.78, 5) is 32.7. The number of likely N-dealkylation sites (tertiary alicyclic amines) is 1. The van der Waals surface area contributed by atoms with E-state index in [0.29, 0.717) is 64.3 Å². The molecule has 2 fully saturated rings. The summed E-state index contributed by atoms with van der Waals surface area (Å²) >= 11 is 1.54. The van der Waals surface area contributed by atoms with Crippen LogP contribution in [0.25, 0.3) is 10.8 Å². The van der Waals surface area contributed by atoms with Gasteiger partial charge in [0.25, 0.3) is 5.89 Å². The first-order valence-electron chi connectivity index (χ1n) is 11.4. The minimum absolute atomic E-state index is 0.0298. The van der Waals surface area contributed by atoms with E-state index in [9.17, 15) is 9.59 Å². The molecule has 4 heterocycles. The molecule has 0 saturated carbocycles. The van der Waals surface area contributed by atoms with Crippen molar-refractivity contribution in [1.29, 1.82) is 0 Å². The zero-order chi connectivity index (χ0) is 22.3.